The lowest BCUT2D eigenvalue weighted by Crippen LogP contribution is -2.25. The van der Waals surface area contributed by atoms with Crippen molar-refractivity contribution < 1.29 is 14.3 Å². The molecule has 1 N–H and O–H groups in total. The Morgan fingerprint density at radius 2 is 2.28 bits per heavy atom. The third kappa shape index (κ3) is 2.83. The van der Waals surface area contributed by atoms with Crippen molar-refractivity contribution in [2.45, 2.75) is 33.1 Å². The highest BCUT2D eigenvalue weighted by Crippen LogP contribution is 2.26. The second-order valence-electron chi connectivity index (χ2n) is 5.24. The molecule has 1 unspecified atom stereocenters. The number of hydrogen-bond donors (Lipinski definition) is 1. The topological polar surface area (TPSA) is 66.6 Å². The van der Waals surface area contributed by atoms with Crippen LogP contribution in [0.4, 0.5) is 6.01 Å². The van der Waals surface area contributed by atoms with Gasteiger partial charge in [-0.25, -0.2) is 4.79 Å². The van der Waals surface area contributed by atoms with Gasteiger partial charge in [-0.3, -0.25) is 0 Å². The zero-order valence-corrected chi connectivity index (χ0v) is 10.9. The maximum absolute atomic E-state index is 10.8. The summed E-state index contributed by atoms with van der Waals surface area (Å²) in [6, 6.07) is 0.441. The number of oxazole rings is 1. The summed E-state index contributed by atoms with van der Waals surface area (Å²) in [6.07, 6.45) is 4.65. The molecule has 0 amide bonds. The molecule has 0 saturated carbocycles. The third-order valence-electron chi connectivity index (χ3n) is 3.70. The van der Waals surface area contributed by atoms with E-state index in [-0.39, 0.29) is 5.69 Å². The van der Waals surface area contributed by atoms with Gasteiger partial charge in [-0.05, 0) is 31.1 Å². The Kier molecular flexibility index (Phi) is 3.89. The number of nitrogens with zero attached hydrogens (tertiary/aromatic N) is 2. The quantitative estimate of drug-likeness (QED) is 0.895. The summed E-state index contributed by atoms with van der Waals surface area (Å²) in [5.41, 5.74) is -0.0188. The van der Waals surface area contributed by atoms with E-state index in [1.807, 2.05) is 0 Å². The molecule has 100 valence electrons. The first-order valence-electron chi connectivity index (χ1n) is 6.51. The Morgan fingerprint density at radius 3 is 2.89 bits per heavy atom. The first kappa shape index (κ1) is 12.9. The molecular formula is C13H20N2O3. The maximum Gasteiger partial charge on any atom is 0.357 e. The Balaban J connectivity index is 2.02. The van der Waals surface area contributed by atoms with Gasteiger partial charge in [-0.1, -0.05) is 13.8 Å². The number of anilines is 1. The van der Waals surface area contributed by atoms with E-state index in [0.717, 1.165) is 31.8 Å². The van der Waals surface area contributed by atoms with Gasteiger partial charge in [0.15, 0.2) is 5.69 Å². The molecule has 1 aliphatic rings. The minimum atomic E-state index is -1.04. The largest absolute Gasteiger partial charge is 0.476 e. The first-order valence-corrected chi connectivity index (χ1v) is 6.51. The molecule has 1 fully saturated rings. The number of aromatic nitrogens is 1. The molecule has 1 aliphatic heterocycles. The lowest BCUT2D eigenvalue weighted by Gasteiger charge is -2.19. The number of aromatic carboxylic acids is 1. The third-order valence-corrected chi connectivity index (χ3v) is 3.70. The van der Waals surface area contributed by atoms with Crippen molar-refractivity contribution in [2.75, 3.05) is 18.0 Å². The molecule has 5 nitrogen and oxygen atoms in total. The average molecular weight is 252 g/mol. The summed E-state index contributed by atoms with van der Waals surface area (Å²) in [5, 5.41) is 8.83. The minimum absolute atomic E-state index is 0.0188. The molecule has 5 heteroatoms. The maximum atomic E-state index is 10.8. The molecule has 0 aliphatic carbocycles. The summed E-state index contributed by atoms with van der Waals surface area (Å²) in [6.45, 7) is 6.30. The van der Waals surface area contributed by atoms with Crippen LogP contribution in [0.5, 0.6) is 0 Å². The van der Waals surface area contributed by atoms with Crippen LogP contribution in [0.15, 0.2) is 10.7 Å². The molecule has 0 spiro atoms. The van der Waals surface area contributed by atoms with Gasteiger partial charge in [-0.2, -0.15) is 4.98 Å². The highest BCUT2D eigenvalue weighted by molar-refractivity contribution is 5.85. The van der Waals surface area contributed by atoms with Gasteiger partial charge in [0, 0.05) is 13.1 Å². The summed E-state index contributed by atoms with van der Waals surface area (Å²) in [4.78, 5) is 16.8. The van der Waals surface area contributed by atoms with Gasteiger partial charge < -0.3 is 14.4 Å². The van der Waals surface area contributed by atoms with Crippen molar-refractivity contribution in [3.8, 4) is 0 Å². The van der Waals surface area contributed by atoms with E-state index in [1.165, 1.54) is 12.7 Å². The monoisotopic (exact) mass is 252 g/mol. The molecule has 18 heavy (non-hydrogen) atoms. The number of carboxylic acid groups (broad SMARTS) is 1. The molecular weight excluding hydrogens is 232 g/mol. The van der Waals surface area contributed by atoms with E-state index in [4.69, 9.17) is 9.52 Å². The standard InChI is InChI=1S/C13H20N2O3/c1-9(2)10-4-3-6-15(7-5-10)13-14-11(8-18-13)12(16)17/h8-10H,3-7H2,1-2H3,(H,16,17). The van der Waals surface area contributed by atoms with Crippen molar-refractivity contribution in [1.82, 2.24) is 4.98 Å². The molecule has 2 heterocycles. The summed E-state index contributed by atoms with van der Waals surface area (Å²) in [7, 11) is 0. The van der Waals surface area contributed by atoms with Crippen LogP contribution in [0.1, 0.15) is 43.6 Å². The smallest absolute Gasteiger partial charge is 0.357 e. The van der Waals surface area contributed by atoms with Crippen LogP contribution in [0.2, 0.25) is 0 Å². The SMILES string of the molecule is CC(C)C1CCCN(c2nc(C(=O)O)co2)CC1. The Labute approximate surface area is 107 Å². The molecule has 0 radical (unpaired) electrons. The van der Waals surface area contributed by atoms with Crippen molar-refractivity contribution in [3.63, 3.8) is 0 Å². The van der Waals surface area contributed by atoms with E-state index in [2.05, 4.69) is 23.7 Å². The van der Waals surface area contributed by atoms with Gasteiger partial charge in [0.25, 0.3) is 6.01 Å². The highest BCUT2D eigenvalue weighted by atomic mass is 16.4. The lowest BCUT2D eigenvalue weighted by molar-refractivity contribution is 0.0690. The van der Waals surface area contributed by atoms with E-state index < -0.39 is 5.97 Å². The molecule has 0 aromatic carbocycles. The van der Waals surface area contributed by atoms with Gasteiger partial charge in [0.2, 0.25) is 0 Å². The van der Waals surface area contributed by atoms with Gasteiger partial charge in [-0.15, -0.1) is 0 Å². The minimum Gasteiger partial charge on any atom is -0.476 e. The van der Waals surface area contributed by atoms with E-state index >= 15 is 0 Å². The summed E-state index contributed by atoms with van der Waals surface area (Å²) in [5.74, 6) is 0.396. The fourth-order valence-electron chi connectivity index (χ4n) is 2.49. The predicted molar refractivity (Wildman–Crippen MR) is 67.9 cm³/mol. The molecule has 1 atom stereocenters. The van der Waals surface area contributed by atoms with Crippen molar-refractivity contribution in [2.24, 2.45) is 11.8 Å². The zero-order chi connectivity index (χ0) is 13.1. The zero-order valence-electron chi connectivity index (χ0n) is 10.9. The lowest BCUT2D eigenvalue weighted by atomic mass is 9.89. The fraction of sp³-hybridized carbons (Fsp3) is 0.692. The second-order valence-corrected chi connectivity index (χ2v) is 5.24. The van der Waals surface area contributed by atoms with Gasteiger partial charge in [0.05, 0.1) is 0 Å². The van der Waals surface area contributed by atoms with E-state index in [9.17, 15) is 4.79 Å². The predicted octanol–water partition coefficient (Wildman–Crippen LogP) is 2.64. The second kappa shape index (κ2) is 5.42. The number of rotatable bonds is 3. The highest BCUT2D eigenvalue weighted by Gasteiger charge is 2.22. The molecule has 1 aromatic rings. The number of hydrogen-bond acceptors (Lipinski definition) is 4. The van der Waals surface area contributed by atoms with Crippen LogP contribution in [0.3, 0.4) is 0 Å². The molecule has 0 bridgehead atoms. The van der Waals surface area contributed by atoms with E-state index in [1.54, 1.807) is 0 Å². The van der Waals surface area contributed by atoms with Crippen LogP contribution < -0.4 is 4.90 Å². The Hall–Kier alpha value is -1.52. The number of carbonyl (C=O) groups is 1. The molecule has 1 aromatic heterocycles. The normalized spacial score (nSPS) is 21.1. The van der Waals surface area contributed by atoms with Crippen molar-refractivity contribution >= 4 is 12.0 Å². The summed E-state index contributed by atoms with van der Waals surface area (Å²) >= 11 is 0. The van der Waals surface area contributed by atoms with Crippen molar-refractivity contribution in [1.29, 1.82) is 0 Å². The molecule has 1 saturated heterocycles. The van der Waals surface area contributed by atoms with Crippen LogP contribution in [-0.4, -0.2) is 29.1 Å². The van der Waals surface area contributed by atoms with E-state index in [0.29, 0.717) is 11.9 Å². The van der Waals surface area contributed by atoms with Crippen LogP contribution in [-0.2, 0) is 0 Å². The van der Waals surface area contributed by atoms with Gasteiger partial charge >= 0.3 is 5.97 Å². The average Bonchev–Trinajstić information content (AvgIpc) is 2.67. The van der Waals surface area contributed by atoms with Crippen LogP contribution in [0, 0.1) is 11.8 Å². The van der Waals surface area contributed by atoms with Gasteiger partial charge in [0.1, 0.15) is 6.26 Å². The van der Waals surface area contributed by atoms with Crippen LogP contribution >= 0.6 is 0 Å². The first-order chi connectivity index (χ1) is 8.58. The Bertz CT molecular complexity index is 414. The number of carboxylic acids is 1. The van der Waals surface area contributed by atoms with Crippen LogP contribution in [0.25, 0.3) is 0 Å². The Morgan fingerprint density at radius 1 is 1.50 bits per heavy atom. The fourth-order valence-corrected chi connectivity index (χ4v) is 2.49. The molecule has 2 rings (SSSR count). The summed E-state index contributed by atoms with van der Waals surface area (Å²) < 4.78 is 5.25. The van der Waals surface area contributed by atoms with Crippen molar-refractivity contribution in [3.05, 3.63) is 12.0 Å².